The summed E-state index contributed by atoms with van der Waals surface area (Å²) in [6.07, 6.45) is 5.78. The van der Waals surface area contributed by atoms with Crippen molar-refractivity contribution < 1.29 is 17.5 Å². The largest absolute Gasteiger partial charge is 0.331 e. The first-order valence-corrected chi connectivity index (χ1v) is 5.63. The highest BCUT2D eigenvalue weighted by atomic mass is 32.2. The minimum Gasteiger partial charge on any atom is -0.279 e. The molecule has 0 aliphatic rings. The van der Waals surface area contributed by atoms with Crippen molar-refractivity contribution in [3.05, 3.63) is 25.3 Å². The fraction of sp³-hybridized carbons (Fsp3) is 0.375. The van der Waals surface area contributed by atoms with Crippen molar-refractivity contribution in [2.24, 2.45) is 0 Å². The van der Waals surface area contributed by atoms with E-state index in [1.807, 2.05) is 11.5 Å². The van der Waals surface area contributed by atoms with E-state index in [1.54, 1.807) is 12.5 Å². The van der Waals surface area contributed by atoms with Crippen LogP contribution in [0.15, 0.2) is 25.3 Å². The Morgan fingerprint density at radius 2 is 2.29 bits per heavy atom. The first-order chi connectivity index (χ1) is 6.45. The number of nitrogens with zero attached hydrogens (tertiary/aromatic N) is 2. The third-order valence-corrected chi connectivity index (χ3v) is 2.57. The minimum absolute atomic E-state index is 0.340. The Morgan fingerprint density at radius 3 is 2.79 bits per heavy atom. The molecule has 1 heterocycles. The summed E-state index contributed by atoms with van der Waals surface area (Å²) in [5, 5.41) is -0.340. The van der Waals surface area contributed by atoms with E-state index in [4.69, 9.17) is 4.55 Å². The quantitative estimate of drug-likeness (QED) is 0.590. The van der Waals surface area contributed by atoms with Gasteiger partial charge in [0.15, 0.2) is 0 Å². The lowest BCUT2D eigenvalue weighted by molar-refractivity contribution is -0.696. The molecule has 14 heavy (non-hydrogen) atoms. The van der Waals surface area contributed by atoms with Crippen LogP contribution in [0.2, 0.25) is 0 Å². The predicted octanol–water partition coefficient (Wildman–Crippen LogP) is 0.502. The van der Waals surface area contributed by atoms with Crippen LogP contribution in [-0.4, -0.2) is 17.5 Å². The lowest BCUT2D eigenvalue weighted by Crippen LogP contribution is -2.30. The summed E-state index contributed by atoms with van der Waals surface area (Å²) >= 11 is 0. The number of aromatic nitrogens is 2. The highest BCUT2D eigenvalue weighted by Gasteiger charge is 2.18. The first-order valence-electron chi connectivity index (χ1n) is 4.19. The SMILES string of the molecule is C=C(n1cc[n+](CCC)c1)S(=O)(=O)O. The van der Waals surface area contributed by atoms with Crippen molar-refractivity contribution in [2.75, 3.05) is 0 Å². The Hall–Kier alpha value is -1.14. The molecular formula is C8H13N2O3S+. The lowest BCUT2D eigenvalue weighted by Gasteiger charge is -1.94. The van der Waals surface area contributed by atoms with Crippen molar-refractivity contribution in [2.45, 2.75) is 19.9 Å². The highest BCUT2D eigenvalue weighted by Crippen LogP contribution is 2.06. The molecule has 0 radical (unpaired) electrons. The zero-order valence-electron chi connectivity index (χ0n) is 7.92. The molecule has 0 unspecified atom stereocenters. The van der Waals surface area contributed by atoms with Crippen molar-refractivity contribution in [1.82, 2.24) is 4.57 Å². The summed E-state index contributed by atoms with van der Waals surface area (Å²) in [4.78, 5) is 0. The monoisotopic (exact) mass is 217 g/mol. The Labute approximate surface area is 83.0 Å². The molecule has 1 N–H and O–H groups in total. The third-order valence-electron chi connectivity index (χ3n) is 1.76. The van der Waals surface area contributed by atoms with E-state index >= 15 is 0 Å². The second-order valence-electron chi connectivity index (χ2n) is 2.93. The number of rotatable bonds is 4. The molecule has 0 saturated carbocycles. The van der Waals surface area contributed by atoms with Gasteiger partial charge in [0.1, 0.15) is 12.4 Å². The second kappa shape index (κ2) is 3.93. The van der Waals surface area contributed by atoms with Gasteiger partial charge in [-0.25, -0.2) is 4.57 Å². The van der Waals surface area contributed by atoms with Crippen LogP contribution in [0.4, 0.5) is 0 Å². The fourth-order valence-electron chi connectivity index (χ4n) is 1.07. The molecule has 1 rings (SSSR count). The maximum atomic E-state index is 10.7. The predicted molar refractivity (Wildman–Crippen MR) is 51.8 cm³/mol. The minimum atomic E-state index is -4.20. The van der Waals surface area contributed by atoms with Crippen LogP contribution in [0.25, 0.3) is 5.03 Å². The van der Waals surface area contributed by atoms with Gasteiger partial charge in [0, 0.05) is 0 Å². The summed E-state index contributed by atoms with van der Waals surface area (Å²) in [6.45, 7) is 6.09. The zero-order chi connectivity index (χ0) is 10.8. The molecule has 78 valence electrons. The van der Waals surface area contributed by atoms with E-state index in [0.717, 1.165) is 13.0 Å². The zero-order valence-corrected chi connectivity index (χ0v) is 8.74. The molecule has 0 bridgehead atoms. The number of imidazole rings is 1. The van der Waals surface area contributed by atoms with Gasteiger partial charge >= 0.3 is 10.1 Å². The maximum absolute atomic E-state index is 10.7. The van der Waals surface area contributed by atoms with Crippen LogP contribution in [0, 0.1) is 0 Å². The van der Waals surface area contributed by atoms with E-state index in [9.17, 15) is 8.42 Å². The molecule has 5 nitrogen and oxygen atoms in total. The number of aryl methyl sites for hydroxylation is 1. The van der Waals surface area contributed by atoms with Crippen molar-refractivity contribution in [3.63, 3.8) is 0 Å². The van der Waals surface area contributed by atoms with Gasteiger partial charge < -0.3 is 0 Å². The molecule has 0 fully saturated rings. The summed E-state index contributed by atoms with van der Waals surface area (Å²) in [5.74, 6) is 0. The van der Waals surface area contributed by atoms with E-state index in [2.05, 4.69) is 6.58 Å². The van der Waals surface area contributed by atoms with Gasteiger partial charge in [-0.2, -0.15) is 13.0 Å². The molecule has 0 amide bonds. The topological polar surface area (TPSA) is 63.2 Å². The summed E-state index contributed by atoms with van der Waals surface area (Å²) < 4.78 is 33.3. The fourth-order valence-corrected chi connectivity index (χ4v) is 1.44. The molecule has 0 aliphatic heterocycles. The Morgan fingerprint density at radius 1 is 1.64 bits per heavy atom. The Balaban J connectivity index is 2.93. The van der Waals surface area contributed by atoms with Crippen LogP contribution in [0.3, 0.4) is 0 Å². The van der Waals surface area contributed by atoms with E-state index in [0.29, 0.717) is 0 Å². The number of hydrogen-bond acceptors (Lipinski definition) is 2. The average Bonchev–Trinajstić information content (AvgIpc) is 2.50. The van der Waals surface area contributed by atoms with E-state index in [-0.39, 0.29) is 5.03 Å². The van der Waals surface area contributed by atoms with Crippen LogP contribution < -0.4 is 4.57 Å². The summed E-state index contributed by atoms with van der Waals surface area (Å²) in [7, 11) is -4.20. The molecule has 0 atom stereocenters. The standard InChI is InChI=1S/C8H12N2O3S/c1-3-4-9-5-6-10(7-9)8(2)14(11,12)13/h5-7H,2-4H2,1H3/p+1. The highest BCUT2D eigenvalue weighted by molar-refractivity contribution is 7.94. The lowest BCUT2D eigenvalue weighted by atomic mass is 10.5. The molecule has 0 aliphatic carbocycles. The third kappa shape index (κ3) is 2.43. The van der Waals surface area contributed by atoms with E-state index in [1.165, 1.54) is 10.8 Å². The van der Waals surface area contributed by atoms with Crippen molar-refractivity contribution in [1.29, 1.82) is 0 Å². The summed E-state index contributed by atoms with van der Waals surface area (Å²) in [6, 6.07) is 0. The van der Waals surface area contributed by atoms with E-state index < -0.39 is 10.1 Å². The van der Waals surface area contributed by atoms with Gasteiger partial charge in [0.2, 0.25) is 11.4 Å². The molecule has 0 aromatic carbocycles. The van der Waals surface area contributed by atoms with Gasteiger partial charge in [-0.15, -0.1) is 0 Å². The van der Waals surface area contributed by atoms with Crippen LogP contribution in [0.5, 0.6) is 0 Å². The van der Waals surface area contributed by atoms with Crippen LogP contribution in [0.1, 0.15) is 13.3 Å². The smallest absolute Gasteiger partial charge is 0.279 e. The first kappa shape index (κ1) is 10.9. The second-order valence-corrected chi connectivity index (χ2v) is 4.35. The van der Waals surface area contributed by atoms with Gasteiger partial charge in [-0.05, 0) is 13.0 Å². The molecule has 0 saturated heterocycles. The maximum Gasteiger partial charge on any atom is 0.331 e. The molecule has 0 spiro atoms. The molecule has 1 aromatic rings. The van der Waals surface area contributed by atoms with Gasteiger partial charge in [0.05, 0.1) is 6.54 Å². The van der Waals surface area contributed by atoms with Gasteiger partial charge in [0.25, 0.3) is 0 Å². The van der Waals surface area contributed by atoms with Gasteiger partial charge in [-0.1, -0.05) is 6.92 Å². The molecule has 1 aromatic heterocycles. The Kier molecular flexibility index (Phi) is 3.07. The molecule has 6 heteroatoms. The molecular weight excluding hydrogens is 204 g/mol. The van der Waals surface area contributed by atoms with Crippen molar-refractivity contribution >= 4 is 15.1 Å². The Bertz CT molecular complexity index is 433. The van der Waals surface area contributed by atoms with Crippen LogP contribution >= 0.6 is 0 Å². The van der Waals surface area contributed by atoms with Gasteiger partial charge in [-0.3, -0.25) is 4.55 Å². The summed E-state index contributed by atoms with van der Waals surface area (Å²) in [5.41, 5.74) is 0. The number of hydrogen-bond donors (Lipinski definition) is 1. The van der Waals surface area contributed by atoms with Crippen LogP contribution in [-0.2, 0) is 16.7 Å². The normalized spacial score (nSPS) is 11.6. The average molecular weight is 217 g/mol. The van der Waals surface area contributed by atoms with Crippen molar-refractivity contribution in [3.8, 4) is 0 Å².